The van der Waals surface area contributed by atoms with Gasteiger partial charge in [-0.2, -0.15) is 5.26 Å². The topological polar surface area (TPSA) is 53.3 Å². The van der Waals surface area contributed by atoms with Crippen molar-refractivity contribution in [2.24, 2.45) is 5.92 Å². The molecular formula is C17H22N2O2. The van der Waals surface area contributed by atoms with Crippen molar-refractivity contribution in [1.82, 2.24) is 4.90 Å². The summed E-state index contributed by atoms with van der Waals surface area (Å²) in [6.07, 6.45) is 4.53. The molecule has 2 rings (SSSR count). The number of nitriles is 1. The normalized spacial score (nSPS) is 15.5. The van der Waals surface area contributed by atoms with Crippen LogP contribution in [0, 0.1) is 17.2 Å². The second-order valence-electron chi connectivity index (χ2n) is 5.52. The average Bonchev–Trinajstić information content (AvgIpc) is 2.54. The molecule has 0 aliphatic carbocycles. The molecule has 4 nitrogen and oxygen atoms in total. The molecule has 112 valence electrons. The Labute approximate surface area is 126 Å². The van der Waals surface area contributed by atoms with E-state index in [1.165, 1.54) is 0 Å². The number of unbranched alkanes of at least 4 members (excludes halogenated alkanes) is 1. The lowest BCUT2D eigenvalue weighted by molar-refractivity contribution is 0.0814. The van der Waals surface area contributed by atoms with Crippen LogP contribution in [0.5, 0.6) is 0 Å². The number of hydrogen-bond donors (Lipinski definition) is 0. The van der Waals surface area contributed by atoms with Gasteiger partial charge in [0.15, 0.2) is 0 Å². The molecular weight excluding hydrogens is 264 g/mol. The molecule has 1 amide bonds. The molecule has 0 atom stereocenters. The van der Waals surface area contributed by atoms with Crippen molar-refractivity contribution < 1.29 is 9.53 Å². The van der Waals surface area contributed by atoms with Gasteiger partial charge in [-0.3, -0.25) is 0 Å². The summed E-state index contributed by atoms with van der Waals surface area (Å²) in [5, 5.41) is 8.54. The Morgan fingerprint density at radius 1 is 1.29 bits per heavy atom. The summed E-state index contributed by atoms with van der Waals surface area (Å²) in [5.41, 5.74) is 1.01. The van der Waals surface area contributed by atoms with E-state index in [0.717, 1.165) is 44.3 Å². The van der Waals surface area contributed by atoms with E-state index in [9.17, 15) is 4.79 Å². The van der Waals surface area contributed by atoms with Crippen LogP contribution >= 0.6 is 0 Å². The lowest BCUT2D eigenvalue weighted by Crippen LogP contribution is -2.38. The molecule has 1 aromatic rings. The van der Waals surface area contributed by atoms with Crippen LogP contribution in [0.25, 0.3) is 0 Å². The Balaban J connectivity index is 1.67. The second kappa shape index (κ2) is 8.31. The number of piperidine rings is 1. The van der Waals surface area contributed by atoms with Crippen LogP contribution in [-0.2, 0) is 11.3 Å². The summed E-state index contributed by atoms with van der Waals surface area (Å²) >= 11 is 0. The minimum Gasteiger partial charge on any atom is -0.445 e. The number of carbonyl (C=O) groups excluding carboxylic acids is 1. The molecule has 0 saturated carbocycles. The molecule has 4 heteroatoms. The van der Waals surface area contributed by atoms with E-state index >= 15 is 0 Å². The van der Waals surface area contributed by atoms with Crippen LogP contribution in [0.4, 0.5) is 4.79 Å². The number of rotatable bonds is 5. The van der Waals surface area contributed by atoms with E-state index < -0.39 is 0 Å². The Morgan fingerprint density at radius 3 is 2.67 bits per heavy atom. The van der Waals surface area contributed by atoms with Gasteiger partial charge in [-0.15, -0.1) is 0 Å². The van der Waals surface area contributed by atoms with E-state index in [4.69, 9.17) is 10.00 Å². The van der Waals surface area contributed by atoms with Crippen molar-refractivity contribution in [3.63, 3.8) is 0 Å². The maximum atomic E-state index is 12.0. The Hall–Kier alpha value is -2.02. The number of carbonyl (C=O) groups is 1. The van der Waals surface area contributed by atoms with Gasteiger partial charge in [0.2, 0.25) is 0 Å². The van der Waals surface area contributed by atoms with Crippen molar-refractivity contribution in [2.75, 3.05) is 13.1 Å². The van der Waals surface area contributed by atoms with E-state index in [1.807, 2.05) is 30.3 Å². The van der Waals surface area contributed by atoms with Gasteiger partial charge in [0.1, 0.15) is 6.61 Å². The molecule has 1 aliphatic rings. The fourth-order valence-corrected chi connectivity index (χ4v) is 2.68. The maximum Gasteiger partial charge on any atom is 0.410 e. The largest absolute Gasteiger partial charge is 0.445 e. The molecule has 1 heterocycles. The lowest BCUT2D eigenvalue weighted by Gasteiger charge is -2.31. The first kappa shape index (κ1) is 15.4. The molecule has 1 fully saturated rings. The first-order valence-electron chi connectivity index (χ1n) is 7.62. The molecule has 1 saturated heterocycles. The lowest BCUT2D eigenvalue weighted by atomic mass is 9.92. The minimum atomic E-state index is -0.214. The van der Waals surface area contributed by atoms with Crippen LogP contribution < -0.4 is 0 Å². The van der Waals surface area contributed by atoms with Gasteiger partial charge in [-0.05, 0) is 37.2 Å². The molecule has 0 aromatic heterocycles. The van der Waals surface area contributed by atoms with Crippen molar-refractivity contribution in [2.45, 2.75) is 38.7 Å². The average molecular weight is 286 g/mol. The molecule has 0 N–H and O–H groups in total. The standard InChI is InChI=1S/C17H22N2O2/c18-11-5-4-6-15-9-12-19(13-10-15)17(20)21-14-16-7-2-1-3-8-16/h1-3,7-8,15H,4-6,9-10,12-14H2. The highest BCUT2D eigenvalue weighted by molar-refractivity contribution is 5.67. The highest BCUT2D eigenvalue weighted by atomic mass is 16.6. The van der Waals surface area contributed by atoms with E-state index in [1.54, 1.807) is 4.90 Å². The summed E-state index contributed by atoms with van der Waals surface area (Å²) < 4.78 is 5.35. The third-order valence-corrected chi connectivity index (χ3v) is 3.98. The van der Waals surface area contributed by atoms with Gasteiger partial charge in [0.05, 0.1) is 6.07 Å². The van der Waals surface area contributed by atoms with E-state index in [0.29, 0.717) is 18.9 Å². The number of hydrogen-bond acceptors (Lipinski definition) is 3. The number of nitrogens with zero attached hydrogens (tertiary/aromatic N) is 2. The second-order valence-corrected chi connectivity index (χ2v) is 5.52. The smallest absolute Gasteiger partial charge is 0.410 e. The summed E-state index contributed by atoms with van der Waals surface area (Å²) in [6.45, 7) is 1.87. The summed E-state index contributed by atoms with van der Waals surface area (Å²) in [7, 11) is 0. The van der Waals surface area contributed by atoms with Crippen LogP contribution in [0.2, 0.25) is 0 Å². The van der Waals surface area contributed by atoms with Gasteiger partial charge >= 0.3 is 6.09 Å². The molecule has 21 heavy (non-hydrogen) atoms. The monoisotopic (exact) mass is 286 g/mol. The molecule has 1 aromatic carbocycles. The zero-order valence-electron chi connectivity index (χ0n) is 12.3. The van der Waals surface area contributed by atoms with Crippen molar-refractivity contribution >= 4 is 6.09 Å². The zero-order valence-corrected chi connectivity index (χ0v) is 12.3. The van der Waals surface area contributed by atoms with Crippen LogP contribution in [0.1, 0.15) is 37.7 Å². The SMILES string of the molecule is N#CCCCC1CCN(C(=O)OCc2ccccc2)CC1. The van der Waals surface area contributed by atoms with Crippen molar-refractivity contribution in [3.8, 4) is 6.07 Å². The highest BCUT2D eigenvalue weighted by Gasteiger charge is 2.23. The first-order chi connectivity index (χ1) is 10.3. The van der Waals surface area contributed by atoms with Crippen LogP contribution in [0.15, 0.2) is 30.3 Å². The third-order valence-electron chi connectivity index (χ3n) is 3.98. The van der Waals surface area contributed by atoms with Gasteiger partial charge in [-0.1, -0.05) is 30.3 Å². The zero-order chi connectivity index (χ0) is 14.9. The molecule has 0 radical (unpaired) electrons. The highest BCUT2D eigenvalue weighted by Crippen LogP contribution is 2.23. The predicted molar refractivity (Wildman–Crippen MR) is 80.4 cm³/mol. The van der Waals surface area contributed by atoms with E-state index in [2.05, 4.69) is 6.07 Å². The molecule has 1 aliphatic heterocycles. The van der Waals surface area contributed by atoms with E-state index in [-0.39, 0.29) is 6.09 Å². The number of ether oxygens (including phenoxy) is 1. The number of benzene rings is 1. The van der Waals surface area contributed by atoms with Crippen LogP contribution in [-0.4, -0.2) is 24.1 Å². The summed E-state index contributed by atoms with van der Waals surface area (Å²) in [6, 6.07) is 11.9. The first-order valence-corrected chi connectivity index (χ1v) is 7.62. The molecule has 0 unspecified atom stereocenters. The quantitative estimate of drug-likeness (QED) is 0.775. The Kier molecular flexibility index (Phi) is 6.08. The fourth-order valence-electron chi connectivity index (χ4n) is 2.68. The van der Waals surface area contributed by atoms with Crippen LogP contribution in [0.3, 0.4) is 0 Å². The minimum absolute atomic E-state index is 0.214. The number of amides is 1. The van der Waals surface area contributed by atoms with Crippen molar-refractivity contribution in [1.29, 1.82) is 5.26 Å². The number of likely N-dealkylation sites (tertiary alicyclic amines) is 1. The fraction of sp³-hybridized carbons (Fsp3) is 0.529. The van der Waals surface area contributed by atoms with Crippen molar-refractivity contribution in [3.05, 3.63) is 35.9 Å². The molecule has 0 bridgehead atoms. The third kappa shape index (κ3) is 5.11. The Morgan fingerprint density at radius 2 is 2.00 bits per heavy atom. The Bertz CT molecular complexity index is 473. The summed E-state index contributed by atoms with van der Waals surface area (Å²) in [5.74, 6) is 0.650. The predicted octanol–water partition coefficient (Wildman–Crippen LogP) is 3.73. The van der Waals surface area contributed by atoms with Gasteiger partial charge < -0.3 is 9.64 Å². The maximum absolute atomic E-state index is 12.0. The molecule has 0 spiro atoms. The van der Waals surface area contributed by atoms with Gasteiger partial charge in [-0.25, -0.2) is 4.79 Å². The van der Waals surface area contributed by atoms with Gasteiger partial charge in [0, 0.05) is 19.5 Å². The summed E-state index contributed by atoms with van der Waals surface area (Å²) in [4.78, 5) is 13.8. The van der Waals surface area contributed by atoms with Gasteiger partial charge in [0.25, 0.3) is 0 Å².